The smallest absolute Gasteiger partial charge is 0.287 e. The number of fused-ring (bicyclic) bond motifs is 4. The maximum atomic E-state index is 13.8. The molecule has 372 valence electrons. The molecule has 73 heavy (non-hydrogen) atoms. The largest absolute Gasteiger partial charge is 0.330 e. The van der Waals surface area contributed by atoms with E-state index in [1.807, 2.05) is 0 Å². The number of nitrogens with zero attached hydrogens (tertiary/aromatic N) is 9. The molecule has 0 saturated heterocycles. The zero-order chi connectivity index (χ0) is 51.3. The van der Waals surface area contributed by atoms with Crippen LogP contribution in [-0.2, 0) is 32.9 Å². The van der Waals surface area contributed by atoms with Crippen LogP contribution < -0.4 is 21.6 Å². The van der Waals surface area contributed by atoms with Crippen LogP contribution in [-0.4, -0.2) is 56.6 Å². The zero-order valence-electron chi connectivity index (χ0n) is 38.2. The zero-order valence-corrected chi connectivity index (χ0v) is 43.8. The molecule has 11 rings (SSSR count). The number of azide groups is 1. The number of nitrogens with two attached hydrogens (primary N) is 1. The fourth-order valence-corrected chi connectivity index (χ4v) is 16.2. The molecule has 6 heterocycles. The molecule has 0 bridgehead atoms. The van der Waals surface area contributed by atoms with E-state index in [1.165, 1.54) is 96.2 Å². The molecule has 11 aromatic rings. The molecule has 0 amide bonds. The molecule has 0 aliphatic rings. The third-order valence-corrected chi connectivity index (χ3v) is 19.6. The minimum absolute atomic E-state index is 0.0932. The summed E-state index contributed by atoms with van der Waals surface area (Å²) in [5.74, 6) is -0.897. The lowest BCUT2D eigenvalue weighted by Crippen LogP contribution is -2.20. The number of hydrogen-bond acceptors (Lipinski definition) is 10. The highest BCUT2D eigenvalue weighted by Crippen LogP contribution is 2.35. The highest BCUT2D eigenvalue weighted by Gasteiger charge is 2.31. The molecule has 0 radical (unpaired) electrons. The Morgan fingerprint density at radius 3 is 1.44 bits per heavy atom. The molecule has 2 N–H and O–H groups in total. The van der Waals surface area contributed by atoms with Crippen molar-refractivity contribution in [1.29, 1.82) is 0 Å². The third-order valence-electron chi connectivity index (χ3n) is 11.5. The molecule has 0 spiro atoms. The summed E-state index contributed by atoms with van der Waals surface area (Å²) in [6, 6.07) is 40.3. The van der Waals surface area contributed by atoms with Crippen molar-refractivity contribution in [2.75, 3.05) is 13.1 Å². The number of imidazole rings is 2. The fraction of sp³-hybridized carbons (Fsp3) is 0.120. The quantitative estimate of drug-likeness (QED) is 0.0369. The molecule has 0 aliphatic carbocycles. The Balaban J connectivity index is 0.000000137. The van der Waals surface area contributed by atoms with Crippen molar-refractivity contribution in [2.24, 2.45) is 10.8 Å². The van der Waals surface area contributed by atoms with E-state index in [4.69, 9.17) is 34.5 Å². The van der Waals surface area contributed by atoms with Gasteiger partial charge in [-0.3, -0.25) is 8.80 Å². The van der Waals surface area contributed by atoms with Crippen molar-refractivity contribution >= 4 is 121 Å². The molecule has 0 aliphatic heterocycles. The summed E-state index contributed by atoms with van der Waals surface area (Å²) in [6.45, 7) is 0.716. The monoisotopic (exact) mass is 1110 g/mol. The Labute approximate surface area is 437 Å². The molecule has 23 heteroatoms. The summed E-state index contributed by atoms with van der Waals surface area (Å²) >= 11 is 14.8. The van der Waals surface area contributed by atoms with Gasteiger partial charge in [0.1, 0.15) is 11.6 Å². The van der Waals surface area contributed by atoms with Gasteiger partial charge in [0.25, 0.3) is 20.0 Å². The van der Waals surface area contributed by atoms with Crippen LogP contribution in [0.1, 0.15) is 24.0 Å². The van der Waals surface area contributed by atoms with Crippen LogP contribution >= 0.6 is 53.8 Å². The second-order valence-corrected chi connectivity index (χ2v) is 24.2. The van der Waals surface area contributed by atoms with Gasteiger partial charge in [-0.15, -0.1) is 22.7 Å². The summed E-state index contributed by atoms with van der Waals surface area (Å²) in [7, 11) is -8.56. The van der Waals surface area contributed by atoms with Gasteiger partial charge in [-0.25, -0.2) is 26.7 Å². The summed E-state index contributed by atoms with van der Waals surface area (Å²) in [5, 5.41) is 11.7. The fourth-order valence-electron chi connectivity index (χ4n) is 8.25. The Kier molecular flexibility index (Phi) is 15.8. The topological polar surface area (TPSA) is 188 Å². The SMILES string of the molecule is NCCCc1cn(S(=O)(=O)c2c(Cl)nc3sccn23)c2ccc(F)cc12.[N-]=[N+]=NCCCc1cn(S(=O)(=O)c2c(Cl)nc3sccn23)c2ccc(F)cc12.c1ccc(P(c2ccccc2)c2ccccc2)cc1. The van der Waals surface area contributed by atoms with Crippen molar-refractivity contribution in [1.82, 2.24) is 26.7 Å². The Morgan fingerprint density at radius 1 is 0.630 bits per heavy atom. The Morgan fingerprint density at radius 2 is 1.04 bits per heavy atom. The normalized spacial score (nSPS) is 11.8. The highest BCUT2D eigenvalue weighted by molar-refractivity contribution is 7.90. The maximum Gasteiger partial charge on any atom is 0.287 e. The number of benzene rings is 5. The molecule has 6 aromatic heterocycles. The molecule has 0 atom stereocenters. The minimum Gasteiger partial charge on any atom is -0.330 e. The van der Waals surface area contributed by atoms with Crippen molar-refractivity contribution in [2.45, 2.75) is 35.7 Å². The molecular weight excluding hydrogens is 1070 g/mol. The summed E-state index contributed by atoms with van der Waals surface area (Å²) in [4.78, 5) is 11.8. The van der Waals surface area contributed by atoms with Gasteiger partial charge in [0, 0.05) is 57.8 Å². The first-order chi connectivity index (χ1) is 35.3. The number of aromatic nitrogens is 6. The van der Waals surface area contributed by atoms with Gasteiger partial charge in [-0.2, -0.15) is 16.8 Å². The average molecular weight is 1110 g/mol. The average Bonchev–Trinajstić information content (AvgIpc) is 4.26. The minimum atomic E-state index is -4.09. The number of thiazole rings is 2. The number of halogens is 4. The molecule has 0 unspecified atom stereocenters. The first kappa shape index (κ1) is 51.5. The van der Waals surface area contributed by atoms with Gasteiger partial charge in [-0.1, -0.05) is 119 Å². The lowest BCUT2D eigenvalue weighted by atomic mass is 10.1. The van der Waals surface area contributed by atoms with Crippen molar-refractivity contribution < 1.29 is 25.6 Å². The van der Waals surface area contributed by atoms with E-state index in [-0.39, 0.29) is 26.9 Å². The lowest BCUT2D eigenvalue weighted by Gasteiger charge is -2.18. The molecule has 14 nitrogen and oxygen atoms in total. The van der Waals surface area contributed by atoms with Crippen LogP contribution in [0, 0.1) is 11.6 Å². The molecular formula is C50H41Cl2F2N10O4PS4. The van der Waals surface area contributed by atoms with Gasteiger partial charge >= 0.3 is 0 Å². The lowest BCUT2D eigenvalue weighted by molar-refractivity contribution is 0.582. The van der Waals surface area contributed by atoms with Crippen molar-refractivity contribution in [3.63, 3.8) is 0 Å². The second-order valence-electron chi connectivity index (χ2n) is 16.1. The van der Waals surface area contributed by atoms with E-state index in [2.05, 4.69) is 111 Å². The highest BCUT2D eigenvalue weighted by atomic mass is 35.5. The molecule has 0 fully saturated rings. The summed E-state index contributed by atoms with van der Waals surface area (Å²) < 4.78 is 86.0. The van der Waals surface area contributed by atoms with Crippen LogP contribution in [0.15, 0.2) is 178 Å². The Bertz CT molecular complexity index is 3920. The standard InChI is InChI=1S/C18H15P.C16H12ClFN6O2S2.C16H14ClFN4O2S2/c1-4-10-16(11-5-1)19(17-12-6-2-7-13-17)18-14-8-3-9-15-18;17-14-15(23-6-7-27-16(23)21-14)28(25,26)24-9-10(2-1-5-20-22-19)12-8-11(18)3-4-13(12)24;17-14-15(21-6-7-25-16(21)20-14)26(23,24)22-9-10(2-1-5-19)12-8-11(18)3-4-13(12)22/h1-15H;3-4,6-9H,1-2,5H2;3-4,6-9H,1-2,5,19H2. The van der Waals surface area contributed by atoms with E-state index in [9.17, 15) is 25.6 Å². The molecule has 5 aromatic carbocycles. The van der Waals surface area contributed by atoms with Crippen LogP contribution in [0.5, 0.6) is 0 Å². The van der Waals surface area contributed by atoms with Crippen LogP contribution in [0.2, 0.25) is 10.3 Å². The number of hydrogen-bond donors (Lipinski definition) is 1. The summed E-state index contributed by atoms with van der Waals surface area (Å²) in [5.41, 5.74) is 16.0. The van der Waals surface area contributed by atoms with Gasteiger partial charge in [0.2, 0.25) is 10.1 Å². The van der Waals surface area contributed by atoms with E-state index < -0.39 is 39.6 Å². The van der Waals surface area contributed by atoms with Gasteiger partial charge < -0.3 is 5.73 Å². The van der Waals surface area contributed by atoms with E-state index in [0.717, 1.165) is 13.5 Å². The van der Waals surface area contributed by atoms with E-state index in [0.29, 0.717) is 69.5 Å². The van der Waals surface area contributed by atoms with Crippen molar-refractivity contribution in [3.8, 4) is 0 Å². The van der Waals surface area contributed by atoms with E-state index in [1.54, 1.807) is 23.2 Å². The van der Waals surface area contributed by atoms with Crippen LogP contribution in [0.4, 0.5) is 8.78 Å². The van der Waals surface area contributed by atoms with Crippen LogP contribution in [0.3, 0.4) is 0 Å². The summed E-state index contributed by atoms with van der Waals surface area (Å²) in [6.07, 6.45) is 8.29. The first-order valence-electron chi connectivity index (χ1n) is 22.3. The third kappa shape index (κ3) is 10.7. The maximum absolute atomic E-state index is 13.8. The first-order valence-corrected chi connectivity index (χ1v) is 29.0. The second kappa shape index (κ2) is 22.4. The van der Waals surface area contributed by atoms with Gasteiger partial charge in [-0.05, 0) is 109 Å². The van der Waals surface area contributed by atoms with E-state index >= 15 is 0 Å². The van der Waals surface area contributed by atoms with Crippen LogP contribution in [0.25, 0.3) is 42.2 Å². The predicted octanol–water partition coefficient (Wildman–Crippen LogP) is 11.3. The molecule has 0 saturated carbocycles. The number of rotatable bonds is 14. The van der Waals surface area contributed by atoms with Crippen molar-refractivity contribution in [3.05, 3.63) is 206 Å². The predicted molar refractivity (Wildman–Crippen MR) is 290 cm³/mol. The van der Waals surface area contributed by atoms with Gasteiger partial charge in [0.05, 0.1) is 11.0 Å². The van der Waals surface area contributed by atoms with Gasteiger partial charge in [0.15, 0.2) is 20.2 Å². The number of aryl methyl sites for hydroxylation is 2. The Hall–Kier alpha value is -6.44.